The third kappa shape index (κ3) is 5.42. The van der Waals surface area contributed by atoms with Gasteiger partial charge in [-0.2, -0.15) is 0 Å². The average Bonchev–Trinajstić information content (AvgIpc) is 2.38. The summed E-state index contributed by atoms with van der Waals surface area (Å²) < 4.78 is 0. The lowest BCUT2D eigenvalue weighted by Gasteiger charge is -2.16. The summed E-state index contributed by atoms with van der Waals surface area (Å²) in [4.78, 5) is 17.7. The smallest absolute Gasteiger partial charge is 0.234 e. The number of aromatic nitrogens is 1. The molecule has 6 nitrogen and oxygen atoms in total. The van der Waals surface area contributed by atoms with Crippen LogP contribution in [-0.2, 0) is 11.3 Å². The Morgan fingerprint density at radius 3 is 2.89 bits per heavy atom. The van der Waals surface area contributed by atoms with Crippen LogP contribution in [0.2, 0.25) is 5.02 Å². The molecule has 0 aliphatic rings. The van der Waals surface area contributed by atoms with Gasteiger partial charge in [0.05, 0.1) is 17.3 Å². The van der Waals surface area contributed by atoms with Crippen molar-refractivity contribution in [1.29, 1.82) is 0 Å². The molecule has 1 aromatic rings. The zero-order chi connectivity index (χ0) is 14.3. The molecule has 0 aliphatic carbocycles. The van der Waals surface area contributed by atoms with Crippen LogP contribution in [0.15, 0.2) is 12.1 Å². The molecule has 1 amide bonds. The number of anilines is 1. The number of pyridine rings is 1. The summed E-state index contributed by atoms with van der Waals surface area (Å²) >= 11 is 6.06. The molecule has 0 saturated heterocycles. The summed E-state index contributed by atoms with van der Waals surface area (Å²) in [5.74, 6) is 5.84. The normalized spacial score (nSPS) is 10.6. The fraction of sp³-hybridized carbons (Fsp3) is 0.500. The number of carbonyl (C=O) groups excluding carboxylic acids is 1. The Bertz CT molecular complexity index is 427. The van der Waals surface area contributed by atoms with Gasteiger partial charge in [-0.3, -0.25) is 9.69 Å². The van der Waals surface area contributed by atoms with Crippen molar-refractivity contribution >= 4 is 23.3 Å². The molecular formula is C12H20ClN5O. The topological polar surface area (TPSA) is 83.3 Å². The van der Waals surface area contributed by atoms with E-state index in [0.717, 1.165) is 6.42 Å². The predicted molar refractivity (Wildman–Crippen MR) is 76.7 cm³/mol. The second kappa shape index (κ2) is 7.93. The maximum Gasteiger partial charge on any atom is 0.234 e. The highest BCUT2D eigenvalue weighted by atomic mass is 35.5. The lowest BCUT2D eigenvalue weighted by atomic mass is 10.3. The molecule has 0 unspecified atom stereocenters. The summed E-state index contributed by atoms with van der Waals surface area (Å²) in [7, 11) is 1.84. The first kappa shape index (κ1) is 15.7. The first-order valence-corrected chi connectivity index (χ1v) is 6.52. The number of hydrazine groups is 1. The first-order valence-electron chi connectivity index (χ1n) is 6.14. The number of amides is 1. The lowest BCUT2D eigenvalue weighted by molar-refractivity contribution is -0.122. The minimum Gasteiger partial charge on any atom is -0.355 e. The van der Waals surface area contributed by atoms with Gasteiger partial charge in [-0.15, -0.1) is 0 Å². The van der Waals surface area contributed by atoms with E-state index in [-0.39, 0.29) is 5.91 Å². The predicted octanol–water partition coefficient (Wildman–Crippen LogP) is 0.979. The van der Waals surface area contributed by atoms with Crippen molar-refractivity contribution in [1.82, 2.24) is 15.2 Å². The van der Waals surface area contributed by atoms with E-state index in [0.29, 0.717) is 36.2 Å². The van der Waals surface area contributed by atoms with Crippen LogP contribution in [0.3, 0.4) is 0 Å². The first-order chi connectivity index (χ1) is 9.06. The highest BCUT2D eigenvalue weighted by Crippen LogP contribution is 2.17. The number of likely N-dealkylation sites (N-methyl/N-ethyl adjacent to an activating group) is 1. The Morgan fingerprint density at radius 1 is 1.53 bits per heavy atom. The van der Waals surface area contributed by atoms with Gasteiger partial charge < -0.3 is 10.7 Å². The van der Waals surface area contributed by atoms with E-state index in [1.807, 2.05) is 18.9 Å². The highest BCUT2D eigenvalue weighted by Gasteiger charge is 2.10. The quantitative estimate of drug-likeness (QED) is 0.514. The number of rotatable bonds is 7. The molecule has 0 spiro atoms. The van der Waals surface area contributed by atoms with Gasteiger partial charge in [0.2, 0.25) is 5.91 Å². The van der Waals surface area contributed by atoms with Crippen molar-refractivity contribution in [3.8, 4) is 0 Å². The van der Waals surface area contributed by atoms with Crippen LogP contribution in [0.5, 0.6) is 0 Å². The van der Waals surface area contributed by atoms with Crippen LogP contribution in [0.4, 0.5) is 5.82 Å². The molecule has 1 rings (SSSR count). The molecule has 0 aliphatic heterocycles. The van der Waals surface area contributed by atoms with Crippen molar-refractivity contribution in [2.45, 2.75) is 19.9 Å². The van der Waals surface area contributed by atoms with E-state index >= 15 is 0 Å². The number of nitrogens with two attached hydrogens (primary N) is 1. The van der Waals surface area contributed by atoms with Crippen molar-refractivity contribution in [3.63, 3.8) is 0 Å². The Labute approximate surface area is 118 Å². The van der Waals surface area contributed by atoms with E-state index in [4.69, 9.17) is 17.4 Å². The second-order valence-electron chi connectivity index (χ2n) is 4.29. The SMILES string of the molecule is CCCNC(=O)CN(C)Cc1nc(NN)ccc1Cl. The highest BCUT2D eigenvalue weighted by molar-refractivity contribution is 6.31. The van der Waals surface area contributed by atoms with Crippen LogP contribution in [0.25, 0.3) is 0 Å². The molecule has 19 heavy (non-hydrogen) atoms. The second-order valence-corrected chi connectivity index (χ2v) is 4.70. The number of carbonyl (C=O) groups is 1. The van der Waals surface area contributed by atoms with E-state index in [9.17, 15) is 4.79 Å². The molecule has 7 heteroatoms. The minimum atomic E-state index is -0.00595. The van der Waals surface area contributed by atoms with Crippen LogP contribution in [0, 0.1) is 0 Å². The van der Waals surface area contributed by atoms with Gasteiger partial charge in [0.1, 0.15) is 5.82 Å². The largest absolute Gasteiger partial charge is 0.355 e. The van der Waals surface area contributed by atoms with Gasteiger partial charge in [0.25, 0.3) is 0 Å². The Balaban J connectivity index is 2.56. The van der Waals surface area contributed by atoms with Crippen molar-refractivity contribution in [2.24, 2.45) is 5.84 Å². The maximum atomic E-state index is 11.6. The third-order valence-electron chi connectivity index (χ3n) is 2.47. The Kier molecular flexibility index (Phi) is 6.55. The molecule has 0 atom stereocenters. The van der Waals surface area contributed by atoms with Crippen LogP contribution >= 0.6 is 11.6 Å². The van der Waals surface area contributed by atoms with Crippen molar-refractivity contribution in [2.75, 3.05) is 25.6 Å². The van der Waals surface area contributed by atoms with E-state index in [1.54, 1.807) is 12.1 Å². The van der Waals surface area contributed by atoms with E-state index in [2.05, 4.69) is 15.7 Å². The van der Waals surface area contributed by atoms with Crippen molar-refractivity contribution in [3.05, 3.63) is 22.8 Å². The molecule has 1 heterocycles. The standard InChI is InChI=1S/C12H20ClN5O/c1-3-6-15-12(19)8-18(2)7-10-9(13)4-5-11(16-10)17-14/h4-5H,3,6-8,14H2,1-2H3,(H,15,19)(H,16,17). The van der Waals surface area contributed by atoms with E-state index < -0.39 is 0 Å². The molecule has 0 radical (unpaired) electrons. The van der Waals surface area contributed by atoms with Gasteiger partial charge >= 0.3 is 0 Å². The van der Waals surface area contributed by atoms with Gasteiger partial charge in [0, 0.05) is 13.1 Å². The molecule has 4 N–H and O–H groups in total. The fourth-order valence-electron chi connectivity index (χ4n) is 1.55. The number of hydrogen-bond donors (Lipinski definition) is 3. The lowest BCUT2D eigenvalue weighted by Crippen LogP contribution is -2.35. The van der Waals surface area contributed by atoms with Gasteiger partial charge in [-0.05, 0) is 25.6 Å². The van der Waals surface area contributed by atoms with Crippen LogP contribution in [-0.4, -0.2) is 35.9 Å². The zero-order valence-electron chi connectivity index (χ0n) is 11.2. The summed E-state index contributed by atoms with van der Waals surface area (Å²) in [5, 5.41) is 3.38. The third-order valence-corrected chi connectivity index (χ3v) is 2.82. The molecular weight excluding hydrogens is 266 g/mol. The summed E-state index contributed by atoms with van der Waals surface area (Å²) in [6.45, 7) is 3.49. The van der Waals surface area contributed by atoms with Gasteiger partial charge in [0.15, 0.2) is 0 Å². The van der Waals surface area contributed by atoms with Crippen molar-refractivity contribution < 1.29 is 4.79 Å². The minimum absolute atomic E-state index is 0.00595. The monoisotopic (exact) mass is 285 g/mol. The molecule has 0 aromatic carbocycles. The number of nitrogens with one attached hydrogen (secondary N) is 2. The fourth-order valence-corrected chi connectivity index (χ4v) is 1.72. The molecule has 0 saturated carbocycles. The van der Waals surface area contributed by atoms with Gasteiger partial charge in [-0.1, -0.05) is 18.5 Å². The van der Waals surface area contributed by atoms with Gasteiger partial charge in [-0.25, -0.2) is 10.8 Å². The average molecular weight is 286 g/mol. The number of nitrogen functional groups attached to an aromatic ring is 1. The summed E-state index contributed by atoms with van der Waals surface area (Å²) in [6.07, 6.45) is 0.924. The van der Waals surface area contributed by atoms with Crippen LogP contribution in [0.1, 0.15) is 19.0 Å². The molecule has 1 aromatic heterocycles. The molecule has 0 fully saturated rings. The number of hydrogen-bond acceptors (Lipinski definition) is 5. The summed E-state index contributed by atoms with van der Waals surface area (Å²) in [6, 6.07) is 3.42. The zero-order valence-corrected chi connectivity index (χ0v) is 12.0. The summed E-state index contributed by atoms with van der Waals surface area (Å²) in [5.41, 5.74) is 3.15. The number of nitrogens with zero attached hydrogens (tertiary/aromatic N) is 2. The molecule has 0 bridgehead atoms. The maximum absolute atomic E-state index is 11.6. The molecule has 106 valence electrons. The Morgan fingerprint density at radius 2 is 2.26 bits per heavy atom. The van der Waals surface area contributed by atoms with E-state index in [1.165, 1.54) is 0 Å². The Hall–Kier alpha value is -1.37. The van der Waals surface area contributed by atoms with Crippen LogP contribution < -0.4 is 16.6 Å². The number of halogens is 1.